The molecule has 0 aliphatic rings. The van der Waals surface area contributed by atoms with Crippen molar-refractivity contribution in [3.8, 4) is 0 Å². The van der Waals surface area contributed by atoms with Gasteiger partial charge in [-0.1, -0.05) is 18.2 Å². The van der Waals surface area contributed by atoms with E-state index in [0.717, 1.165) is 19.5 Å². The normalized spacial score (nSPS) is 12.8. The number of rotatable bonds is 8. The van der Waals surface area contributed by atoms with Crippen molar-refractivity contribution in [2.45, 2.75) is 19.1 Å². The Morgan fingerprint density at radius 3 is 2.62 bits per heavy atom. The van der Waals surface area contributed by atoms with Gasteiger partial charge in [0.05, 0.1) is 6.54 Å². The van der Waals surface area contributed by atoms with E-state index in [0.29, 0.717) is 12.5 Å². The molecule has 0 aliphatic carbocycles. The van der Waals surface area contributed by atoms with Crippen LogP contribution in [0.4, 0.5) is 13.2 Å². The first-order chi connectivity index (χ1) is 12.4. The molecule has 0 saturated heterocycles. The molecule has 5 nitrogen and oxygen atoms in total. The molecule has 2 aromatic rings. The highest BCUT2D eigenvalue weighted by Gasteiger charge is 2.28. The van der Waals surface area contributed by atoms with Gasteiger partial charge in [0, 0.05) is 44.9 Å². The molecule has 0 bridgehead atoms. The zero-order chi connectivity index (χ0) is 19.0. The molecule has 1 aromatic heterocycles. The molecule has 0 spiro atoms. The zero-order valence-corrected chi connectivity index (χ0v) is 15.2. The number of hydrogen-bond donors (Lipinski definition) is 2. The lowest BCUT2D eigenvalue weighted by Crippen LogP contribution is -2.42. The third kappa shape index (κ3) is 6.59. The number of likely N-dealkylation sites (N-methyl/N-ethyl adjacent to an activating group) is 1. The quantitative estimate of drug-likeness (QED) is 0.427. The molecule has 144 valence electrons. The van der Waals surface area contributed by atoms with E-state index in [-0.39, 0.29) is 6.54 Å². The van der Waals surface area contributed by atoms with Crippen LogP contribution >= 0.6 is 0 Å². The number of hydrogen-bond acceptors (Lipinski definition) is 2. The Morgan fingerprint density at radius 1 is 1.15 bits per heavy atom. The second kappa shape index (κ2) is 9.47. The van der Waals surface area contributed by atoms with Crippen LogP contribution in [0.15, 0.2) is 41.5 Å². The van der Waals surface area contributed by atoms with Crippen LogP contribution in [0.5, 0.6) is 0 Å². The van der Waals surface area contributed by atoms with Gasteiger partial charge in [0.25, 0.3) is 0 Å². The van der Waals surface area contributed by atoms with Gasteiger partial charge in [0.15, 0.2) is 5.96 Å². The van der Waals surface area contributed by atoms with Gasteiger partial charge in [-0.15, -0.1) is 0 Å². The maximum Gasteiger partial charge on any atom is 0.401 e. The van der Waals surface area contributed by atoms with Gasteiger partial charge in [-0.05, 0) is 31.0 Å². The summed E-state index contributed by atoms with van der Waals surface area (Å²) in [5.41, 5.74) is 1.21. The number of halogens is 3. The fourth-order valence-corrected chi connectivity index (χ4v) is 2.76. The molecule has 1 aromatic carbocycles. The predicted octanol–water partition coefficient (Wildman–Crippen LogP) is 2.69. The van der Waals surface area contributed by atoms with Gasteiger partial charge in [0.2, 0.25) is 0 Å². The minimum Gasteiger partial charge on any atom is -0.356 e. The predicted molar refractivity (Wildman–Crippen MR) is 99.5 cm³/mol. The van der Waals surface area contributed by atoms with E-state index in [9.17, 15) is 13.2 Å². The summed E-state index contributed by atoms with van der Waals surface area (Å²) in [6, 6.07) is 10.3. The summed E-state index contributed by atoms with van der Waals surface area (Å²) in [5, 5.41) is 7.44. The smallest absolute Gasteiger partial charge is 0.356 e. The summed E-state index contributed by atoms with van der Waals surface area (Å²) in [6.07, 6.45) is -1.18. The number of aryl methyl sites for hydroxylation is 1. The molecule has 8 heteroatoms. The van der Waals surface area contributed by atoms with Gasteiger partial charge in [-0.25, -0.2) is 0 Å². The SMILES string of the molecule is CN=C(NCCCn1ccc2ccccc21)NCCN(C)CC(F)(F)F. The van der Waals surface area contributed by atoms with E-state index >= 15 is 0 Å². The highest BCUT2D eigenvalue weighted by molar-refractivity contribution is 5.80. The lowest BCUT2D eigenvalue weighted by atomic mass is 10.2. The molecule has 0 fully saturated rings. The fraction of sp³-hybridized carbons (Fsp3) is 0.500. The van der Waals surface area contributed by atoms with Crippen LogP contribution in [-0.2, 0) is 6.54 Å². The van der Waals surface area contributed by atoms with Gasteiger partial charge in [0.1, 0.15) is 0 Å². The van der Waals surface area contributed by atoms with E-state index < -0.39 is 12.7 Å². The number of nitrogens with one attached hydrogen (secondary N) is 2. The molecule has 2 N–H and O–H groups in total. The highest BCUT2D eigenvalue weighted by Crippen LogP contribution is 2.15. The minimum absolute atomic E-state index is 0.287. The number of nitrogens with zero attached hydrogens (tertiary/aromatic N) is 3. The van der Waals surface area contributed by atoms with Gasteiger partial charge < -0.3 is 15.2 Å². The Labute approximate surface area is 151 Å². The third-order valence-corrected chi connectivity index (χ3v) is 4.01. The zero-order valence-electron chi connectivity index (χ0n) is 15.2. The van der Waals surface area contributed by atoms with Crippen LogP contribution in [0, 0.1) is 0 Å². The van der Waals surface area contributed by atoms with Crippen molar-refractivity contribution >= 4 is 16.9 Å². The van der Waals surface area contributed by atoms with Crippen LogP contribution in [0.25, 0.3) is 10.9 Å². The van der Waals surface area contributed by atoms with E-state index in [1.54, 1.807) is 7.05 Å². The largest absolute Gasteiger partial charge is 0.401 e. The topological polar surface area (TPSA) is 44.6 Å². The number of para-hydroxylation sites is 1. The summed E-state index contributed by atoms with van der Waals surface area (Å²) in [4.78, 5) is 5.32. The number of alkyl halides is 3. The second-order valence-corrected chi connectivity index (χ2v) is 6.20. The van der Waals surface area contributed by atoms with Crippen LogP contribution in [-0.4, -0.2) is 61.9 Å². The first-order valence-corrected chi connectivity index (χ1v) is 8.63. The van der Waals surface area contributed by atoms with E-state index in [2.05, 4.69) is 44.6 Å². The number of benzene rings is 1. The first kappa shape index (κ1) is 20.1. The molecule has 0 radical (unpaired) electrons. The summed E-state index contributed by atoms with van der Waals surface area (Å²) in [6.45, 7) is 1.38. The van der Waals surface area contributed by atoms with Gasteiger partial charge in [-0.3, -0.25) is 9.89 Å². The molecule has 0 saturated carbocycles. The number of guanidine groups is 1. The van der Waals surface area contributed by atoms with Gasteiger partial charge >= 0.3 is 6.18 Å². The summed E-state index contributed by atoms with van der Waals surface area (Å²) >= 11 is 0. The summed E-state index contributed by atoms with van der Waals surface area (Å²) in [7, 11) is 3.10. The maximum absolute atomic E-state index is 12.3. The fourth-order valence-electron chi connectivity index (χ4n) is 2.76. The van der Waals surface area contributed by atoms with Crippen molar-refractivity contribution < 1.29 is 13.2 Å². The molecule has 0 atom stereocenters. The van der Waals surface area contributed by atoms with Crippen LogP contribution < -0.4 is 10.6 Å². The average Bonchev–Trinajstić information content (AvgIpc) is 2.98. The molecular weight excluding hydrogens is 343 g/mol. The molecular formula is C18H26F3N5. The van der Waals surface area contributed by atoms with Gasteiger partial charge in [-0.2, -0.15) is 13.2 Å². The molecule has 26 heavy (non-hydrogen) atoms. The highest BCUT2D eigenvalue weighted by atomic mass is 19.4. The maximum atomic E-state index is 12.3. The Morgan fingerprint density at radius 2 is 1.88 bits per heavy atom. The standard InChI is InChI=1S/C18H26F3N5/c1-22-17(24-10-13-25(2)14-18(19,20)21)23-9-5-11-26-12-8-15-6-3-4-7-16(15)26/h3-4,6-8,12H,5,9-11,13-14H2,1-2H3,(H2,22,23,24). The molecule has 0 unspecified atom stereocenters. The molecule has 0 amide bonds. The lowest BCUT2D eigenvalue weighted by molar-refractivity contribution is -0.142. The Kier molecular flexibility index (Phi) is 7.32. The summed E-state index contributed by atoms with van der Waals surface area (Å²) < 4.78 is 39.0. The van der Waals surface area contributed by atoms with E-state index in [4.69, 9.17) is 0 Å². The van der Waals surface area contributed by atoms with E-state index in [1.807, 2.05) is 12.1 Å². The van der Waals surface area contributed by atoms with Crippen molar-refractivity contribution in [2.24, 2.45) is 4.99 Å². The Hall–Kier alpha value is -2.22. The van der Waals surface area contributed by atoms with E-state index in [1.165, 1.54) is 22.9 Å². The molecule has 2 rings (SSSR count). The van der Waals surface area contributed by atoms with Crippen molar-refractivity contribution in [3.63, 3.8) is 0 Å². The molecule has 1 heterocycles. The minimum atomic E-state index is -4.17. The van der Waals surface area contributed by atoms with Crippen LogP contribution in [0.2, 0.25) is 0 Å². The Bertz CT molecular complexity index is 708. The van der Waals surface area contributed by atoms with Crippen molar-refractivity contribution in [1.29, 1.82) is 0 Å². The Balaban J connectivity index is 1.66. The van der Waals surface area contributed by atoms with Crippen LogP contribution in [0.1, 0.15) is 6.42 Å². The average molecular weight is 369 g/mol. The van der Waals surface area contributed by atoms with Crippen LogP contribution in [0.3, 0.4) is 0 Å². The molecule has 0 aliphatic heterocycles. The van der Waals surface area contributed by atoms with Crippen molar-refractivity contribution in [1.82, 2.24) is 20.1 Å². The third-order valence-electron chi connectivity index (χ3n) is 4.01. The van der Waals surface area contributed by atoms with Crippen molar-refractivity contribution in [3.05, 3.63) is 36.5 Å². The number of aliphatic imine (C=N–C) groups is 1. The number of fused-ring (bicyclic) bond motifs is 1. The first-order valence-electron chi connectivity index (χ1n) is 8.63. The van der Waals surface area contributed by atoms with Crippen molar-refractivity contribution in [2.75, 3.05) is 40.3 Å². The number of aromatic nitrogens is 1. The lowest BCUT2D eigenvalue weighted by Gasteiger charge is -2.19. The second-order valence-electron chi connectivity index (χ2n) is 6.20. The monoisotopic (exact) mass is 369 g/mol. The summed E-state index contributed by atoms with van der Waals surface area (Å²) in [5.74, 6) is 0.600.